The second-order valence-corrected chi connectivity index (χ2v) is 2.10. The number of rotatable bonds is 2. The molecule has 1 aromatic heterocycles. The standard InChI is InChI=1S/C7H5FO4/c1-4-6(7(10)12-8)2-5(3-9)11-4/h2-3H,1H3. The highest BCUT2D eigenvalue weighted by Gasteiger charge is 2.16. The minimum atomic E-state index is -1.16. The van der Waals surface area contributed by atoms with Gasteiger partial charge in [0.2, 0.25) is 0 Å². The largest absolute Gasteiger partial charge is 0.458 e. The van der Waals surface area contributed by atoms with Crippen molar-refractivity contribution in [2.24, 2.45) is 0 Å². The Labute approximate surface area is 66.8 Å². The highest BCUT2D eigenvalue weighted by Crippen LogP contribution is 2.14. The maximum Gasteiger partial charge on any atom is 0.383 e. The maximum atomic E-state index is 11.4. The lowest BCUT2D eigenvalue weighted by atomic mass is 10.2. The molecular weight excluding hydrogens is 167 g/mol. The van der Waals surface area contributed by atoms with Gasteiger partial charge in [0.25, 0.3) is 0 Å². The number of furan rings is 1. The third-order valence-corrected chi connectivity index (χ3v) is 1.34. The van der Waals surface area contributed by atoms with Crippen LogP contribution in [0, 0.1) is 6.92 Å². The zero-order valence-electron chi connectivity index (χ0n) is 6.17. The van der Waals surface area contributed by atoms with E-state index in [0.29, 0.717) is 6.29 Å². The van der Waals surface area contributed by atoms with E-state index in [0.717, 1.165) is 6.07 Å². The van der Waals surface area contributed by atoms with Gasteiger partial charge in [0.05, 0.1) is 0 Å². The lowest BCUT2D eigenvalue weighted by Gasteiger charge is -1.88. The van der Waals surface area contributed by atoms with Crippen LogP contribution in [0.2, 0.25) is 0 Å². The Morgan fingerprint density at radius 1 is 1.75 bits per heavy atom. The molecule has 0 atom stereocenters. The zero-order valence-corrected chi connectivity index (χ0v) is 6.17. The lowest BCUT2D eigenvalue weighted by molar-refractivity contribution is -0.0789. The van der Waals surface area contributed by atoms with Crippen molar-refractivity contribution in [1.29, 1.82) is 0 Å². The van der Waals surface area contributed by atoms with Gasteiger partial charge in [0, 0.05) is 10.6 Å². The molecule has 0 amide bonds. The Morgan fingerprint density at radius 2 is 2.42 bits per heavy atom. The number of hydrogen-bond donors (Lipinski definition) is 0. The van der Waals surface area contributed by atoms with Gasteiger partial charge in [-0.3, -0.25) is 4.79 Å². The van der Waals surface area contributed by atoms with Gasteiger partial charge in [-0.05, 0) is 6.92 Å². The second kappa shape index (κ2) is 3.17. The highest BCUT2D eigenvalue weighted by atomic mass is 19.3. The molecule has 0 aromatic carbocycles. The summed E-state index contributed by atoms with van der Waals surface area (Å²) in [5.74, 6) is -1.04. The fourth-order valence-corrected chi connectivity index (χ4v) is 0.807. The zero-order chi connectivity index (χ0) is 9.14. The van der Waals surface area contributed by atoms with E-state index in [2.05, 4.69) is 4.94 Å². The summed E-state index contributed by atoms with van der Waals surface area (Å²) in [5.41, 5.74) is -0.0837. The van der Waals surface area contributed by atoms with Gasteiger partial charge in [-0.15, -0.1) is 0 Å². The molecular formula is C7H5FO4. The van der Waals surface area contributed by atoms with E-state index >= 15 is 0 Å². The first-order chi connectivity index (χ1) is 5.69. The van der Waals surface area contributed by atoms with Crippen LogP contribution in [0.5, 0.6) is 0 Å². The number of hydrogen-bond acceptors (Lipinski definition) is 4. The van der Waals surface area contributed by atoms with Crippen LogP contribution in [0.15, 0.2) is 10.5 Å². The molecule has 64 valence electrons. The van der Waals surface area contributed by atoms with Gasteiger partial charge in [0.15, 0.2) is 12.0 Å². The summed E-state index contributed by atoms with van der Waals surface area (Å²) in [5, 5.41) is 0. The summed E-state index contributed by atoms with van der Waals surface area (Å²) < 4.78 is 16.1. The number of carbonyl (C=O) groups excluding carboxylic acids is 2. The molecule has 0 aliphatic carbocycles. The molecule has 0 aliphatic rings. The van der Waals surface area contributed by atoms with Crippen LogP contribution in [0.25, 0.3) is 0 Å². The molecule has 12 heavy (non-hydrogen) atoms. The Kier molecular flexibility index (Phi) is 2.23. The van der Waals surface area contributed by atoms with Gasteiger partial charge in [-0.1, -0.05) is 0 Å². The molecule has 0 N–H and O–H groups in total. The Bertz CT molecular complexity index is 315. The second-order valence-electron chi connectivity index (χ2n) is 2.10. The number of aryl methyl sites for hydroxylation is 1. The Balaban J connectivity index is 3.07. The normalized spacial score (nSPS) is 9.50. The summed E-state index contributed by atoms with van der Waals surface area (Å²) in [6.07, 6.45) is 0.419. The average molecular weight is 172 g/mol. The summed E-state index contributed by atoms with van der Waals surface area (Å²) in [6.45, 7) is 1.43. The third kappa shape index (κ3) is 1.34. The van der Waals surface area contributed by atoms with Gasteiger partial charge < -0.3 is 4.42 Å². The molecule has 1 heterocycles. The Morgan fingerprint density at radius 3 is 2.83 bits per heavy atom. The maximum absolute atomic E-state index is 11.4. The van der Waals surface area contributed by atoms with E-state index < -0.39 is 5.97 Å². The molecule has 0 saturated carbocycles. The molecule has 0 aliphatic heterocycles. The van der Waals surface area contributed by atoms with Crippen LogP contribution in [-0.4, -0.2) is 12.3 Å². The van der Waals surface area contributed by atoms with E-state index in [1.165, 1.54) is 6.92 Å². The summed E-state index contributed by atoms with van der Waals surface area (Å²) in [4.78, 5) is 23.7. The van der Waals surface area contributed by atoms with Crippen LogP contribution in [0.1, 0.15) is 26.7 Å². The van der Waals surface area contributed by atoms with Crippen LogP contribution in [0.3, 0.4) is 0 Å². The molecule has 0 spiro atoms. The first kappa shape index (κ1) is 8.45. The van der Waals surface area contributed by atoms with Crippen molar-refractivity contribution in [3.8, 4) is 0 Å². The summed E-state index contributed by atoms with van der Waals surface area (Å²) in [6, 6.07) is 1.12. The van der Waals surface area contributed by atoms with E-state index in [-0.39, 0.29) is 17.1 Å². The molecule has 0 saturated heterocycles. The highest BCUT2D eigenvalue weighted by molar-refractivity contribution is 5.91. The number of halogens is 1. The van der Waals surface area contributed by atoms with Gasteiger partial charge in [-0.2, -0.15) is 0 Å². The quantitative estimate of drug-likeness (QED) is 0.633. The smallest absolute Gasteiger partial charge is 0.383 e. The first-order valence-corrected chi connectivity index (χ1v) is 3.07. The molecule has 1 rings (SSSR count). The van der Waals surface area contributed by atoms with E-state index in [1.807, 2.05) is 0 Å². The van der Waals surface area contributed by atoms with Crippen molar-refractivity contribution in [3.63, 3.8) is 0 Å². The van der Waals surface area contributed by atoms with E-state index in [9.17, 15) is 14.1 Å². The fraction of sp³-hybridized carbons (Fsp3) is 0.143. The SMILES string of the molecule is Cc1oc(C=O)cc1C(=O)OF. The van der Waals surface area contributed by atoms with Crippen molar-refractivity contribution < 1.29 is 23.5 Å². The van der Waals surface area contributed by atoms with Crippen LogP contribution in [0.4, 0.5) is 4.53 Å². The molecule has 5 heteroatoms. The monoisotopic (exact) mass is 172 g/mol. The predicted octanol–water partition coefficient (Wildman–Crippen LogP) is 1.44. The molecule has 4 nitrogen and oxygen atoms in total. The topological polar surface area (TPSA) is 56.5 Å². The van der Waals surface area contributed by atoms with Crippen molar-refractivity contribution in [2.75, 3.05) is 0 Å². The van der Waals surface area contributed by atoms with Gasteiger partial charge in [0.1, 0.15) is 11.3 Å². The van der Waals surface area contributed by atoms with Crippen molar-refractivity contribution in [3.05, 3.63) is 23.2 Å². The van der Waals surface area contributed by atoms with Gasteiger partial charge in [-0.25, -0.2) is 9.74 Å². The minimum Gasteiger partial charge on any atom is -0.458 e. The fourth-order valence-electron chi connectivity index (χ4n) is 0.807. The molecule has 1 aromatic rings. The van der Waals surface area contributed by atoms with Crippen molar-refractivity contribution in [1.82, 2.24) is 0 Å². The van der Waals surface area contributed by atoms with E-state index in [1.54, 1.807) is 0 Å². The minimum absolute atomic E-state index is 0.0344. The predicted molar refractivity (Wildman–Crippen MR) is 35.4 cm³/mol. The average Bonchev–Trinajstić information content (AvgIpc) is 2.45. The van der Waals surface area contributed by atoms with Gasteiger partial charge >= 0.3 is 5.97 Å². The molecule has 0 unspecified atom stereocenters. The Hall–Kier alpha value is -1.65. The van der Waals surface area contributed by atoms with Crippen LogP contribution >= 0.6 is 0 Å². The van der Waals surface area contributed by atoms with E-state index in [4.69, 9.17) is 4.42 Å². The lowest BCUT2D eigenvalue weighted by Crippen LogP contribution is -1.97. The molecule has 0 radical (unpaired) electrons. The third-order valence-electron chi connectivity index (χ3n) is 1.34. The summed E-state index contributed by atoms with van der Waals surface area (Å²) >= 11 is 0. The number of aldehydes is 1. The van der Waals surface area contributed by atoms with Crippen LogP contribution < -0.4 is 0 Å². The first-order valence-electron chi connectivity index (χ1n) is 3.07. The number of carbonyl (C=O) groups is 2. The van der Waals surface area contributed by atoms with Crippen molar-refractivity contribution in [2.45, 2.75) is 6.92 Å². The summed E-state index contributed by atoms with van der Waals surface area (Å²) in [7, 11) is 0. The molecule has 0 fully saturated rings. The van der Waals surface area contributed by atoms with Crippen molar-refractivity contribution >= 4 is 12.3 Å². The van der Waals surface area contributed by atoms with Crippen LogP contribution in [-0.2, 0) is 4.94 Å². The molecule has 0 bridgehead atoms.